The molecule has 0 saturated carbocycles. The standard InChI is InChI=1S/C20H26N2/c1-3-8-18(9-4-1)12-7-14-22-15-13-21-17-20(22)16-19-10-5-2-6-11-19/h1-6,8-11,20-21H,7,12-17H2. The Hall–Kier alpha value is -1.64. The monoisotopic (exact) mass is 294 g/mol. The van der Waals surface area contributed by atoms with Crippen LogP contribution in [-0.2, 0) is 12.8 Å². The van der Waals surface area contributed by atoms with Crippen LogP contribution in [0.25, 0.3) is 0 Å². The van der Waals surface area contributed by atoms with E-state index in [1.807, 2.05) is 0 Å². The summed E-state index contributed by atoms with van der Waals surface area (Å²) < 4.78 is 0. The van der Waals surface area contributed by atoms with Gasteiger partial charge >= 0.3 is 0 Å². The molecule has 1 aliphatic rings. The lowest BCUT2D eigenvalue weighted by Crippen LogP contribution is -2.52. The normalized spacial score (nSPS) is 19.2. The lowest BCUT2D eigenvalue weighted by atomic mass is 10.0. The average Bonchev–Trinajstić information content (AvgIpc) is 2.58. The average molecular weight is 294 g/mol. The molecular formula is C20H26N2. The summed E-state index contributed by atoms with van der Waals surface area (Å²) in [6.07, 6.45) is 3.58. The van der Waals surface area contributed by atoms with Crippen molar-refractivity contribution in [3.63, 3.8) is 0 Å². The number of nitrogens with one attached hydrogen (secondary N) is 1. The summed E-state index contributed by atoms with van der Waals surface area (Å²) in [6.45, 7) is 4.61. The molecule has 0 bridgehead atoms. The van der Waals surface area contributed by atoms with Gasteiger partial charge < -0.3 is 5.32 Å². The third kappa shape index (κ3) is 4.43. The molecule has 2 nitrogen and oxygen atoms in total. The smallest absolute Gasteiger partial charge is 0.0261 e. The highest BCUT2D eigenvalue weighted by atomic mass is 15.2. The van der Waals surface area contributed by atoms with Gasteiger partial charge in [-0.1, -0.05) is 60.7 Å². The highest BCUT2D eigenvalue weighted by Gasteiger charge is 2.21. The van der Waals surface area contributed by atoms with Gasteiger partial charge in [0.15, 0.2) is 0 Å². The van der Waals surface area contributed by atoms with Gasteiger partial charge in [-0.05, 0) is 36.9 Å². The Morgan fingerprint density at radius 2 is 1.59 bits per heavy atom. The molecule has 0 aliphatic carbocycles. The first kappa shape index (κ1) is 15.3. The molecule has 1 saturated heterocycles. The van der Waals surface area contributed by atoms with Crippen LogP contribution in [0.2, 0.25) is 0 Å². The predicted molar refractivity (Wildman–Crippen MR) is 93.1 cm³/mol. The van der Waals surface area contributed by atoms with Crippen molar-refractivity contribution in [2.75, 3.05) is 26.2 Å². The fourth-order valence-corrected chi connectivity index (χ4v) is 3.32. The molecular weight excluding hydrogens is 268 g/mol. The number of benzene rings is 2. The van der Waals surface area contributed by atoms with E-state index in [0.29, 0.717) is 6.04 Å². The van der Waals surface area contributed by atoms with Gasteiger partial charge in [-0.25, -0.2) is 0 Å². The molecule has 0 radical (unpaired) electrons. The Balaban J connectivity index is 1.51. The van der Waals surface area contributed by atoms with Crippen LogP contribution >= 0.6 is 0 Å². The van der Waals surface area contributed by atoms with Crippen LogP contribution in [0, 0.1) is 0 Å². The molecule has 1 unspecified atom stereocenters. The summed E-state index contributed by atoms with van der Waals surface area (Å²) >= 11 is 0. The zero-order valence-electron chi connectivity index (χ0n) is 13.2. The van der Waals surface area contributed by atoms with Crippen molar-refractivity contribution < 1.29 is 0 Å². The summed E-state index contributed by atoms with van der Waals surface area (Å²) in [7, 11) is 0. The van der Waals surface area contributed by atoms with E-state index in [9.17, 15) is 0 Å². The van der Waals surface area contributed by atoms with Gasteiger partial charge in [-0.2, -0.15) is 0 Å². The van der Waals surface area contributed by atoms with E-state index >= 15 is 0 Å². The number of aryl methyl sites for hydroxylation is 1. The van der Waals surface area contributed by atoms with Crippen LogP contribution in [0.1, 0.15) is 17.5 Å². The van der Waals surface area contributed by atoms with Crippen LogP contribution in [0.3, 0.4) is 0 Å². The van der Waals surface area contributed by atoms with Gasteiger partial charge in [0.25, 0.3) is 0 Å². The Morgan fingerprint density at radius 3 is 2.32 bits per heavy atom. The molecule has 0 amide bonds. The van der Waals surface area contributed by atoms with E-state index in [1.54, 1.807) is 0 Å². The largest absolute Gasteiger partial charge is 0.314 e. The second kappa shape index (κ2) is 8.11. The van der Waals surface area contributed by atoms with Crippen molar-refractivity contribution >= 4 is 0 Å². The van der Waals surface area contributed by atoms with Crippen LogP contribution in [-0.4, -0.2) is 37.1 Å². The first-order chi connectivity index (χ1) is 10.9. The van der Waals surface area contributed by atoms with Crippen molar-refractivity contribution in [1.82, 2.24) is 10.2 Å². The molecule has 22 heavy (non-hydrogen) atoms. The van der Waals surface area contributed by atoms with Gasteiger partial charge in [0.2, 0.25) is 0 Å². The molecule has 0 aromatic heterocycles. The Kier molecular flexibility index (Phi) is 5.63. The molecule has 1 atom stereocenters. The van der Waals surface area contributed by atoms with Crippen LogP contribution < -0.4 is 5.32 Å². The number of rotatable bonds is 6. The van der Waals surface area contributed by atoms with Crippen molar-refractivity contribution in [1.29, 1.82) is 0 Å². The van der Waals surface area contributed by atoms with Gasteiger partial charge in [0, 0.05) is 25.7 Å². The van der Waals surface area contributed by atoms with Crippen molar-refractivity contribution in [2.24, 2.45) is 0 Å². The van der Waals surface area contributed by atoms with Gasteiger partial charge in [-0.3, -0.25) is 4.90 Å². The highest BCUT2D eigenvalue weighted by Crippen LogP contribution is 2.12. The number of piperazine rings is 1. The topological polar surface area (TPSA) is 15.3 Å². The van der Waals surface area contributed by atoms with Crippen molar-refractivity contribution in [3.8, 4) is 0 Å². The number of hydrogen-bond donors (Lipinski definition) is 1. The molecule has 1 aliphatic heterocycles. The van der Waals surface area contributed by atoms with E-state index in [2.05, 4.69) is 70.9 Å². The van der Waals surface area contributed by atoms with Gasteiger partial charge in [0.05, 0.1) is 0 Å². The Labute approximate surface area is 134 Å². The lowest BCUT2D eigenvalue weighted by Gasteiger charge is -2.36. The molecule has 116 valence electrons. The zero-order valence-corrected chi connectivity index (χ0v) is 13.2. The quantitative estimate of drug-likeness (QED) is 0.880. The molecule has 2 heteroatoms. The second-order valence-electron chi connectivity index (χ2n) is 6.17. The summed E-state index contributed by atoms with van der Waals surface area (Å²) in [5.74, 6) is 0. The molecule has 2 aromatic carbocycles. The fraction of sp³-hybridized carbons (Fsp3) is 0.400. The zero-order chi connectivity index (χ0) is 15.0. The van der Waals surface area contributed by atoms with E-state index in [4.69, 9.17) is 0 Å². The molecule has 1 fully saturated rings. The Bertz CT molecular complexity index is 538. The molecule has 1 heterocycles. The minimum atomic E-state index is 0.631. The van der Waals surface area contributed by atoms with Crippen molar-refractivity contribution in [2.45, 2.75) is 25.3 Å². The summed E-state index contributed by atoms with van der Waals surface area (Å²) in [6, 6.07) is 22.3. The van der Waals surface area contributed by atoms with E-state index in [-0.39, 0.29) is 0 Å². The fourth-order valence-electron chi connectivity index (χ4n) is 3.32. The van der Waals surface area contributed by atoms with E-state index < -0.39 is 0 Å². The summed E-state index contributed by atoms with van der Waals surface area (Å²) in [4.78, 5) is 2.67. The van der Waals surface area contributed by atoms with Gasteiger partial charge in [-0.15, -0.1) is 0 Å². The maximum atomic E-state index is 3.55. The molecule has 3 rings (SSSR count). The first-order valence-corrected chi connectivity index (χ1v) is 8.44. The van der Waals surface area contributed by atoms with Crippen LogP contribution in [0.5, 0.6) is 0 Å². The van der Waals surface area contributed by atoms with E-state index in [1.165, 1.54) is 37.1 Å². The minimum absolute atomic E-state index is 0.631. The minimum Gasteiger partial charge on any atom is -0.314 e. The summed E-state index contributed by atoms with van der Waals surface area (Å²) in [5.41, 5.74) is 2.90. The summed E-state index contributed by atoms with van der Waals surface area (Å²) in [5, 5.41) is 3.55. The molecule has 2 aromatic rings. The molecule has 1 N–H and O–H groups in total. The Morgan fingerprint density at radius 1 is 0.909 bits per heavy atom. The van der Waals surface area contributed by atoms with E-state index in [0.717, 1.165) is 19.5 Å². The third-order valence-electron chi connectivity index (χ3n) is 4.54. The predicted octanol–water partition coefficient (Wildman–Crippen LogP) is 3.14. The third-order valence-corrected chi connectivity index (χ3v) is 4.54. The second-order valence-corrected chi connectivity index (χ2v) is 6.17. The SMILES string of the molecule is c1ccc(CCCN2CCNCC2Cc2ccccc2)cc1. The number of nitrogens with zero attached hydrogens (tertiary/aromatic N) is 1. The molecule has 0 spiro atoms. The van der Waals surface area contributed by atoms with Crippen LogP contribution in [0.15, 0.2) is 60.7 Å². The maximum absolute atomic E-state index is 3.55. The number of hydrogen-bond acceptors (Lipinski definition) is 2. The van der Waals surface area contributed by atoms with Crippen molar-refractivity contribution in [3.05, 3.63) is 71.8 Å². The highest BCUT2D eigenvalue weighted by molar-refractivity contribution is 5.16. The first-order valence-electron chi connectivity index (χ1n) is 8.44. The van der Waals surface area contributed by atoms with Crippen LogP contribution in [0.4, 0.5) is 0 Å². The maximum Gasteiger partial charge on any atom is 0.0261 e. The van der Waals surface area contributed by atoms with Gasteiger partial charge in [0.1, 0.15) is 0 Å². The lowest BCUT2D eigenvalue weighted by molar-refractivity contribution is 0.158.